The van der Waals surface area contributed by atoms with Crippen LogP contribution in [0.2, 0.25) is 0 Å². The van der Waals surface area contributed by atoms with Crippen LogP contribution < -0.4 is 0 Å². The molecule has 0 radical (unpaired) electrons. The second-order valence-corrected chi connectivity index (χ2v) is 8.56. The maximum atomic E-state index is 12.8. The van der Waals surface area contributed by atoms with Gasteiger partial charge in [0.05, 0.1) is 23.7 Å². The van der Waals surface area contributed by atoms with E-state index in [0.717, 1.165) is 0 Å². The highest BCUT2D eigenvalue weighted by atomic mass is 79.9. The molecule has 1 aromatic rings. The zero-order valence-corrected chi connectivity index (χ0v) is 17.7. The fourth-order valence-electron chi connectivity index (χ4n) is 2.63. The van der Waals surface area contributed by atoms with Crippen LogP contribution in [0.4, 0.5) is 0 Å². The summed E-state index contributed by atoms with van der Waals surface area (Å²) in [6, 6.07) is 4.20. The number of likely N-dealkylation sites (N-methyl/N-ethyl adjacent to an activating group) is 1. The molecule has 1 aliphatic heterocycles. The lowest BCUT2D eigenvalue weighted by Gasteiger charge is -2.26. The minimum Gasteiger partial charge on any atom is -0.452 e. The van der Waals surface area contributed by atoms with Crippen molar-refractivity contribution >= 4 is 37.8 Å². The lowest BCUT2D eigenvalue weighted by atomic mass is 10.2. The first-order valence-corrected chi connectivity index (χ1v) is 10.9. The van der Waals surface area contributed by atoms with Gasteiger partial charge in [-0.05, 0) is 48.0 Å². The van der Waals surface area contributed by atoms with E-state index in [9.17, 15) is 18.0 Å². The Kier molecular flexibility index (Phi) is 7.78. The number of amides is 1. The molecular formula is C17H23BrN2O6S. The van der Waals surface area contributed by atoms with Crippen LogP contribution in [0.25, 0.3) is 0 Å². The smallest absolute Gasteiger partial charge is 0.338 e. The molecule has 2 rings (SSSR count). The third-order valence-electron chi connectivity index (χ3n) is 4.20. The van der Waals surface area contributed by atoms with Crippen molar-refractivity contribution in [3.05, 3.63) is 28.2 Å². The summed E-state index contributed by atoms with van der Waals surface area (Å²) in [4.78, 5) is 25.8. The van der Waals surface area contributed by atoms with Gasteiger partial charge in [-0.3, -0.25) is 4.79 Å². The fourth-order valence-corrected chi connectivity index (χ4v) is 4.99. The number of esters is 1. The molecule has 1 amide bonds. The van der Waals surface area contributed by atoms with Gasteiger partial charge in [-0.15, -0.1) is 0 Å². The van der Waals surface area contributed by atoms with Crippen molar-refractivity contribution in [2.24, 2.45) is 0 Å². The molecule has 1 saturated heterocycles. The van der Waals surface area contributed by atoms with Crippen molar-refractivity contribution in [1.29, 1.82) is 0 Å². The third-order valence-corrected chi connectivity index (χ3v) is 7.09. The largest absolute Gasteiger partial charge is 0.452 e. The summed E-state index contributed by atoms with van der Waals surface area (Å²) < 4.78 is 37.6. The Morgan fingerprint density at radius 1 is 1.22 bits per heavy atom. The van der Waals surface area contributed by atoms with Crippen molar-refractivity contribution in [2.45, 2.75) is 18.7 Å². The predicted octanol–water partition coefficient (Wildman–Crippen LogP) is 1.50. The molecule has 0 atom stereocenters. The lowest BCUT2D eigenvalue weighted by Crippen LogP contribution is -2.40. The van der Waals surface area contributed by atoms with Gasteiger partial charge in [0.1, 0.15) is 0 Å². The van der Waals surface area contributed by atoms with E-state index >= 15 is 0 Å². The molecule has 0 aromatic heterocycles. The van der Waals surface area contributed by atoms with E-state index in [2.05, 4.69) is 15.9 Å². The number of morpholine rings is 1. The summed E-state index contributed by atoms with van der Waals surface area (Å²) in [5, 5.41) is 0. The van der Waals surface area contributed by atoms with E-state index in [1.165, 1.54) is 22.5 Å². The zero-order valence-electron chi connectivity index (χ0n) is 15.3. The van der Waals surface area contributed by atoms with Crippen molar-refractivity contribution < 1.29 is 27.5 Å². The molecule has 1 fully saturated rings. The molecule has 1 heterocycles. The van der Waals surface area contributed by atoms with E-state index in [4.69, 9.17) is 9.47 Å². The quantitative estimate of drug-likeness (QED) is 0.569. The Labute approximate surface area is 167 Å². The number of carbonyl (C=O) groups is 2. The van der Waals surface area contributed by atoms with Crippen molar-refractivity contribution in [1.82, 2.24) is 9.21 Å². The van der Waals surface area contributed by atoms with E-state index in [-0.39, 0.29) is 36.1 Å². The minimum absolute atomic E-state index is 0.0195. The molecule has 0 N–H and O–H groups in total. The molecule has 150 valence electrons. The van der Waals surface area contributed by atoms with Crippen LogP contribution in [0, 0.1) is 0 Å². The van der Waals surface area contributed by atoms with Gasteiger partial charge >= 0.3 is 5.97 Å². The average molecular weight is 463 g/mol. The summed E-state index contributed by atoms with van der Waals surface area (Å²) in [7, 11) is -3.78. The highest BCUT2D eigenvalue weighted by molar-refractivity contribution is 9.10. The van der Waals surface area contributed by atoms with Crippen molar-refractivity contribution in [3.63, 3.8) is 0 Å². The summed E-state index contributed by atoms with van der Waals surface area (Å²) in [5.74, 6) is -1.05. The van der Waals surface area contributed by atoms with Gasteiger partial charge < -0.3 is 14.4 Å². The van der Waals surface area contributed by atoms with Crippen LogP contribution in [0.15, 0.2) is 27.6 Å². The standard InChI is InChI=1S/C17H23BrN2O6S/c1-3-19(4-2)16(21)12-26-17(22)13-5-6-14(18)15(11-13)27(23,24)20-7-9-25-10-8-20/h5-6,11H,3-4,7-10,12H2,1-2H3. The van der Waals surface area contributed by atoms with Crippen molar-refractivity contribution in [3.8, 4) is 0 Å². The SMILES string of the molecule is CCN(CC)C(=O)COC(=O)c1ccc(Br)c(S(=O)(=O)N2CCOCC2)c1. The summed E-state index contributed by atoms with van der Waals surface area (Å²) in [6.45, 7) is 5.48. The summed E-state index contributed by atoms with van der Waals surface area (Å²) >= 11 is 3.23. The van der Waals surface area contributed by atoms with Crippen LogP contribution in [-0.2, 0) is 24.3 Å². The van der Waals surface area contributed by atoms with E-state index in [1.807, 2.05) is 13.8 Å². The highest BCUT2D eigenvalue weighted by Crippen LogP contribution is 2.27. The first kappa shape index (κ1) is 21.8. The van der Waals surface area contributed by atoms with Crippen LogP contribution in [0.1, 0.15) is 24.2 Å². The molecule has 1 aromatic carbocycles. The predicted molar refractivity (Wildman–Crippen MR) is 102 cm³/mol. The van der Waals surface area contributed by atoms with Crippen LogP contribution in [0.5, 0.6) is 0 Å². The van der Waals surface area contributed by atoms with E-state index < -0.39 is 16.0 Å². The highest BCUT2D eigenvalue weighted by Gasteiger charge is 2.29. The molecular weight excluding hydrogens is 440 g/mol. The number of sulfonamides is 1. The van der Waals surface area contributed by atoms with Crippen molar-refractivity contribution in [2.75, 3.05) is 46.0 Å². The number of halogens is 1. The normalized spacial score (nSPS) is 15.4. The topological polar surface area (TPSA) is 93.2 Å². The molecule has 0 aliphatic carbocycles. The minimum atomic E-state index is -3.78. The maximum absolute atomic E-state index is 12.8. The number of hydrogen-bond donors (Lipinski definition) is 0. The Morgan fingerprint density at radius 3 is 2.44 bits per heavy atom. The molecule has 1 aliphatic rings. The van der Waals surface area contributed by atoms with E-state index in [0.29, 0.717) is 30.8 Å². The number of hydrogen-bond acceptors (Lipinski definition) is 6. The molecule has 0 saturated carbocycles. The molecule has 0 bridgehead atoms. The summed E-state index contributed by atoms with van der Waals surface area (Å²) in [5.41, 5.74) is 0.0670. The Morgan fingerprint density at radius 2 is 1.85 bits per heavy atom. The third kappa shape index (κ3) is 5.28. The molecule has 8 nitrogen and oxygen atoms in total. The monoisotopic (exact) mass is 462 g/mol. The zero-order chi connectivity index (χ0) is 20.0. The van der Waals surface area contributed by atoms with Crippen LogP contribution in [0.3, 0.4) is 0 Å². The Balaban J connectivity index is 2.16. The second-order valence-electron chi connectivity index (χ2n) is 5.80. The van der Waals surface area contributed by atoms with Crippen LogP contribution >= 0.6 is 15.9 Å². The van der Waals surface area contributed by atoms with Gasteiger partial charge in [-0.2, -0.15) is 4.31 Å². The van der Waals surface area contributed by atoms with Gasteiger partial charge in [0, 0.05) is 30.7 Å². The van der Waals surface area contributed by atoms with Gasteiger partial charge in [-0.1, -0.05) is 0 Å². The van der Waals surface area contributed by atoms with Gasteiger partial charge in [0.2, 0.25) is 10.0 Å². The first-order chi connectivity index (χ1) is 12.8. The Bertz CT molecular complexity index is 789. The Hall–Kier alpha value is -1.49. The maximum Gasteiger partial charge on any atom is 0.338 e. The second kappa shape index (κ2) is 9.63. The van der Waals surface area contributed by atoms with Crippen LogP contribution in [-0.4, -0.2) is 75.5 Å². The molecule has 10 heteroatoms. The molecule has 0 spiro atoms. The number of rotatable bonds is 7. The number of ether oxygens (including phenoxy) is 2. The number of nitrogens with zero attached hydrogens (tertiary/aromatic N) is 2. The number of benzene rings is 1. The van der Waals surface area contributed by atoms with Gasteiger partial charge in [-0.25, -0.2) is 13.2 Å². The van der Waals surface area contributed by atoms with Gasteiger partial charge in [0.15, 0.2) is 6.61 Å². The number of carbonyl (C=O) groups excluding carboxylic acids is 2. The summed E-state index contributed by atoms with van der Waals surface area (Å²) in [6.07, 6.45) is 0. The van der Waals surface area contributed by atoms with E-state index in [1.54, 1.807) is 4.90 Å². The first-order valence-electron chi connectivity index (χ1n) is 8.63. The fraction of sp³-hybridized carbons (Fsp3) is 0.529. The van der Waals surface area contributed by atoms with Gasteiger partial charge in [0.25, 0.3) is 5.91 Å². The molecule has 27 heavy (non-hydrogen) atoms. The molecule has 0 unspecified atom stereocenters. The lowest BCUT2D eigenvalue weighted by molar-refractivity contribution is -0.134. The average Bonchev–Trinajstić information content (AvgIpc) is 2.68.